The summed E-state index contributed by atoms with van der Waals surface area (Å²) in [6, 6.07) is 0. The van der Waals surface area contributed by atoms with Crippen LogP contribution in [0.2, 0.25) is 0 Å². The molecular formula is C22H42O4. The molecule has 26 heavy (non-hydrogen) atoms. The first kappa shape index (κ1) is 24.9. The highest BCUT2D eigenvalue weighted by atomic mass is 16.6. The average molecular weight is 371 g/mol. The van der Waals surface area contributed by atoms with Crippen LogP contribution in [0.5, 0.6) is 0 Å². The summed E-state index contributed by atoms with van der Waals surface area (Å²) in [4.78, 5) is 24.3. The van der Waals surface area contributed by atoms with Gasteiger partial charge in [0.05, 0.1) is 13.2 Å². The monoisotopic (exact) mass is 370 g/mol. The van der Waals surface area contributed by atoms with Gasteiger partial charge in [-0.25, -0.2) is 0 Å². The Hall–Kier alpha value is -1.06. The van der Waals surface area contributed by atoms with Crippen molar-refractivity contribution in [2.75, 3.05) is 13.2 Å². The molecule has 0 fully saturated rings. The molecule has 0 aliphatic heterocycles. The molecule has 154 valence electrons. The zero-order valence-electron chi connectivity index (χ0n) is 17.9. The summed E-state index contributed by atoms with van der Waals surface area (Å²) in [6.45, 7) is 10.4. The fourth-order valence-electron chi connectivity index (χ4n) is 2.68. The standard InChI is InChI=1S/C22H42O4/c1-6-7-8-9-10-11-12-13-14-17-25-20(23)22(4,5)21(24)26-18-15-16-19(2)3/h19H,6-18H2,1-5H3. The molecule has 0 amide bonds. The Morgan fingerprint density at radius 3 is 1.62 bits per heavy atom. The summed E-state index contributed by atoms with van der Waals surface area (Å²) in [5.41, 5.74) is -1.23. The highest BCUT2D eigenvalue weighted by Crippen LogP contribution is 2.20. The molecule has 0 bridgehead atoms. The van der Waals surface area contributed by atoms with Gasteiger partial charge in [-0.2, -0.15) is 0 Å². The van der Waals surface area contributed by atoms with Crippen LogP contribution in [-0.2, 0) is 19.1 Å². The van der Waals surface area contributed by atoms with Crippen molar-refractivity contribution in [3.8, 4) is 0 Å². The highest BCUT2D eigenvalue weighted by Gasteiger charge is 2.39. The SMILES string of the molecule is CCCCCCCCCCCOC(=O)C(C)(C)C(=O)OCCCC(C)C. The van der Waals surface area contributed by atoms with Crippen LogP contribution in [0.25, 0.3) is 0 Å². The number of rotatable bonds is 16. The molecule has 0 N–H and O–H groups in total. The molecule has 0 aromatic rings. The fraction of sp³-hybridized carbons (Fsp3) is 0.909. The number of carbonyl (C=O) groups is 2. The Bertz CT molecular complexity index is 374. The van der Waals surface area contributed by atoms with Crippen molar-refractivity contribution < 1.29 is 19.1 Å². The molecular weight excluding hydrogens is 328 g/mol. The average Bonchev–Trinajstić information content (AvgIpc) is 2.59. The second kappa shape index (κ2) is 15.0. The predicted octanol–water partition coefficient (Wildman–Crippen LogP) is 6.07. The number of esters is 2. The van der Waals surface area contributed by atoms with Crippen LogP contribution >= 0.6 is 0 Å². The lowest BCUT2D eigenvalue weighted by Gasteiger charge is -2.21. The Kier molecular flexibility index (Phi) is 14.4. The second-order valence-electron chi connectivity index (χ2n) is 8.26. The molecule has 4 nitrogen and oxygen atoms in total. The van der Waals surface area contributed by atoms with E-state index < -0.39 is 17.4 Å². The van der Waals surface area contributed by atoms with Crippen LogP contribution in [0.3, 0.4) is 0 Å². The van der Waals surface area contributed by atoms with E-state index in [1.165, 1.54) is 44.9 Å². The second-order valence-corrected chi connectivity index (χ2v) is 8.26. The first-order valence-electron chi connectivity index (χ1n) is 10.7. The Labute approximate surface area is 161 Å². The Morgan fingerprint density at radius 2 is 1.15 bits per heavy atom. The molecule has 0 aliphatic carbocycles. The summed E-state index contributed by atoms with van der Waals surface area (Å²) in [5.74, 6) is -0.382. The Balaban J connectivity index is 3.77. The molecule has 0 radical (unpaired) electrons. The van der Waals surface area contributed by atoms with Crippen LogP contribution in [0.4, 0.5) is 0 Å². The lowest BCUT2D eigenvalue weighted by atomic mass is 9.94. The van der Waals surface area contributed by atoms with Gasteiger partial charge >= 0.3 is 11.9 Å². The van der Waals surface area contributed by atoms with Gasteiger partial charge in [0.2, 0.25) is 0 Å². The van der Waals surface area contributed by atoms with Crippen molar-refractivity contribution in [2.24, 2.45) is 11.3 Å². The van der Waals surface area contributed by atoms with E-state index >= 15 is 0 Å². The van der Waals surface area contributed by atoms with Gasteiger partial charge < -0.3 is 9.47 Å². The van der Waals surface area contributed by atoms with E-state index in [-0.39, 0.29) is 0 Å². The number of ether oxygens (including phenoxy) is 2. The summed E-state index contributed by atoms with van der Waals surface area (Å²) in [5, 5.41) is 0. The third-order valence-electron chi connectivity index (χ3n) is 4.66. The summed E-state index contributed by atoms with van der Waals surface area (Å²) < 4.78 is 10.5. The van der Waals surface area contributed by atoms with Crippen molar-refractivity contribution in [1.82, 2.24) is 0 Å². The zero-order chi connectivity index (χ0) is 19.8. The molecule has 0 rings (SSSR count). The van der Waals surface area contributed by atoms with E-state index in [4.69, 9.17) is 9.47 Å². The van der Waals surface area contributed by atoms with Crippen LogP contribution in [0, 0.1) is 11.3 Å². The number of hydrogen-bond acceptors (Lipinski definition) is 4. The smallest absolute Gasteiger partial charge is 0.322 e. The number of carbonyl (C=O) groups excluding carboxylic acids is 2. The van der Waals surface area contributed by atoms with Gasteiger partial charge in [-0.05, 0) is 39.0 Å². The first-order chi connectivity index (χ1) is 12.3. The lowest BCUT2D eigenvalue weighted by molar-refractivity contribution is -0.170. The van der Waals surface area contributed by atoms with Gasteiger partial charge in [0, 0.05) is 0 Å². The van der Waals surface area contributed by atoms with Crippen molar-refractivity contribution in [1.29, 1.82) is 0 Å². The van der Waals surface area contributed by atoms with Crippen molar-refractivity contribution in [2.45, 2.75) is 105 Å². The molecule has 0 aliphatic rings. The summed E-state index contributed by atoms with van der Waals surface area (Å²) >= 11 is 0. The maximum Gasteiger partial charge on any atom is 0.322 e. The van der Waals surface area contributed by atoms with Crippen LogP contribution in [-0.4, -0.2) is 25.2 Å². The van der Waals surface area contributed by atoms with Crippen LogP contribution < -0.4 is 0 Å². The van der Waals surface area contributed by atoms with E-state index in [1.54, 1.807) is 13.8 Å². The summed E-state index contributed by atoms with van der Waals surface area (Å²) in [6.07, 6.45) is 12.8. The van der Waals surface area contributed by atoms with E-state index in [0.717, 1.165) is 25.7 Å². The van der Waals surface area contributed by atoms with E-state index in [2.05, 4.69) is 20.8 Å². The third-order valence-corrected chi connectivity index (χ3v) is 4.66. The molecule has 0 atom stereocenters. The minimum absolute atomic E-state index is 0.367. The van der Waals surface area contributed by atoms with E-state index in [1.807, 2.05) is 0 Å². The van der Waals surface area contributed by atoms with Crippen molar-refractivity contribution in [3.63, 3.8) is 0 Å². The van der Waals surface area contributed by atoms with Gasteiger partial charge in [-0.15, -0.1) is 0 Å². The maximum atomic E-state index is 12.2. The molecule has 0 unspecified atom stereocenters. The predicted molar refractivity (Wildman–Crippen MR) is 107 cm³/mol. The molecule has 4 heteroatoms. The number of hydrogen-bond donors (Lipinski definition) is 0. The van der Waals surface area contributed by atoms with E-state index in [9.17, 15) is 9.59 Å². The van der Waals surface area contributed by atoms with Crippen molar-refractivity contribution >= 4 is 11.9 Å². The minimum Gasteiger partial charge on any atom is -0.465 e. The van der Waals surface area contributed by atoms with Crippen LogP contribution in [0.1, 0.15) is 105 Å². The lowest BCUT2D eigenvalue weighted by Crippen LogP contribution is -2.37. The first-order valence-corrected chi connectivity index (χ1v) is 10.7. The number of unbranched alkanes of at least 4 members (excludes halogenated alkanes) is 8. The molecule has 0 saturated carbocycles. The topological polar surface area (TPSA) is 52.6 Å². The van der Waals surface area contributed by atoms with Crippen molar-refractivity contribution in [3.05, 3.63) is 0 Å². The summed E-state index contributed by atoms with van der Waals surface area (Å²) in [7, 11) is 0. The third kappa shape index (κ3) is 12.3. The normalized spacial score (nSPS) is 11.6. The quantitative estimate of drug-likeness (QED) is 0.188. The molecule has 0 aromatic carbocycles. The van der Waals surface area contributed by atoms with Crippen LogP contribution in [0.15, 0.2) is 0 Å². The highest BCUT2D eigenvalue weighted by molar-refractivity contribution is 5.99. The van der Waals surface area contributed by atoms with Gasteiger partial charge in [0.1, 0.15) is 0 Å². The fourth-order valence-corrected chi connectivity index (χ4v) is 2.68. The molecule has 0 heterocycles. The largest absolute Gasteiger partial charge is 0.465 e. The van der Waals surface area contributed by atoms with Gasteiger partial charge in [0.15, 0.2) is 5.41 Å². The Morgan fingerprint density at radius 1 is 0.731 bits per heavy atom. The van der Waals surface area contributed by atoms with E-state index in [0.29, 0.717) is 19.1 Å². The molecule has 0 aromatic heterocycles. The zero-order valence-corrected chi connectivity index (χ0v) is 17.9. The molecule has 0 spiro atoms. The minimum atomic E-state index is -1.23. The van der Waals surface area contributed by atoms with Gasteiger partial charge in [-0.3, -0.25) is 9.59 Å². The van der Waals surface area contributed by atoms with Gasteiger partial charge in [-0.1, -0.05) is 72.1 Å². The molecule has 0 saturated heterocycles. The maximum absolute atomic E-state index is 12.2. The van der Waals surface area contributed by atoms with Gasteiger partial charge in [0.25, 0.3) is 0 Å².